The number of halogens is 2. The number of amides is 2. The Bertz CT molecular complexity index is 1240. The summed E-state index contributed by atoms with van der Waals surface area (Å²) in [6.45, 7) is 1.96. The number of carbonyl (C=O) groups is 4. The van der Waals surface area contributed by atoms with Crippen LogP contribution in [0.25, 0.3) is 0 Å². The van der Waals surface area contributed by atoms with Crippen molar-refractivity contribution >= 4 is 56.8 Å². The summed E-state index contributed by atoms with van der Waals surface area (Å²) >= 11 is 11.9. The van der Waals surface area contributed by atoms with E-state index in [1.807, 2.05) is 0 Å². The van der Waals surface area contributed by atoms with E-state index in [4.69, 9.17) is 23.2 Å². The number of aliphatic carboxylic acids is 1. The first-order valence-corrected chi connectivity index (χ1v) is 16.2. The van der Waals surface area contributed by atoms with E-state index in [0.29, 0.717) is 38.8 Å². The topological polar surface area (TPSA) is 153 Å². The fourth-order valence-electron chi connectivity index (χ4n) is 5.83. The minimum atomic E-state index is -4.12. The van der Waals surface area contributed by atoms with Gasteiger partial charge in [-0.3, -0.25) is 14.4 Å². The van der Waals surface area contributed by atoms with Crippen molar-refractivity contribution in [2.75, 3.05) is 26.2 Å². The van der Waals surface area contributed by atoms with E-state index < -0.39 is 34.0 Å². The van der Waals surface area contributed by atoms with Crippen molar-refractivity contribution in [2.45, 2.75) is 80.8 Å². The van der Waals surface area contributed by atoms with Crippen LogP contribution in [0.15, 0.2) is 23.1 Å². The number of benzene rings is 1. The van der Waals surface area contributed by atoms with Gasteiger partial charge in [-0.05, 0) is 75.6 Å². The highest BCUT2D eigenvalue weighted by atomic mass is 35.5. The Morgan fingerprint density at radius 1 is 1.00 bits per heavy atom. The summed E-state index contributed by atoms with van der Waals surface area (Å²) in [7, 11) is -4.12. The summed E-state index contributed by atoms with van der Waals surface area (Å²) in [5.74, 6) is -1.79. The van der Waals surface area contributed by atoms with Crippen molar-refractivity contribution < 1.29 is 32.7 Å². The molecule has 3 aliphatic rings. The zero-order valence-corrected chi connectivity index (χ0v) is 25.0. The number of ketones is 1. The van der Waals surface area contributed by atoms with Crippen molar-refractivity contribution in [1.82, 2.24) is 19.8 Å². The van der Waals surface area contributed by atoms with E-state index >= 15 is 0 Å². The summed E-state index contributed by atoms with van der Waals surface area (Å²) in [4.78, 5) is 51.8. The molecule has 2 amide bonds. The van der Waals surface area contributed by atoms with Gasteiger partial charge in [-0.2, -0.15) is 4.31 Å². The van der Waals surface area contributed by atoms with Gasteiger partial charge in [0.2, 0.25) is 21.8 Å². The second kappa shape index (κ2) is 13.8. The van der Waals surface area contributed by atoms with Crippen LogP contribution in [0.2, 0.25) is 10.0 Å². The molecule has 0 radical (unpaired) electrons. The third-order valence-corrected chi connectivity index (χ3v) is 10.4. The van der Waals surface area contributed by atoms with Gasteiger partial charge in [0.1, 0.15) is 17.9 Å². The lowest BCUT2D eigenvalue weighted by atomic mass is 9.89. The van der Waals surface area contributed by atoms with Crippen LogP contribution in [-0.4, -0.2) is 90.6 Å². The van der Waals surface area contributed by atoms with E-state index in [1.165, 1.54) is 18.2 Å². The Hall–Kier alpha value is -2.25. The van der Waals surface area contributed by atoms with E-state index in [-0.39, 0.29) is 64.4 Å². The quantitative estimate of drug-likeness (QED) is 0.337. The monoisotopic (exact) mass is 630 g/mol. The Kier molecular flexibility index (Phi) is 10.7. The van der Waals surface area contributed by atoms with Gasteiger partial charge in [0.15, 0.2) is 0 Å². The molecular weight excluding hydrogens is 595 g/mol. The molecule has 0 aliphatic carbocycles. The maximum Gasteiger partial charge on any atom is 0.326 e. The number of carbonyl (C=O) groups excluding carboxylic acids is 3. The Morgan fingerprint density at radius 3 is 2.29 bits per heavy atom. The molecular formula is C27H36Cl2N4O7S. The molecule has 1 aromatic rings. The van der Waals surface area contributed by atoms with Crippen LogP contribution in [0.5, 0.6) is 0 Å². The molecule has 0 saturated carbocycles. The van der Waals surface area contributed by atoms with Gasteiger partial charge < -0.3 is 20.6 Å². The fourth-order valence-corrected chi connectivity index (χ4v) is 8.21. The molecule has 11 nitrogen and oxygen atoms in total. The van der Waals surface area contributed by atoms with Gasteiger partial charge in [-0.15, -0.1) is 0 Å². The van der Waals surface area contributed by atoms with Crippen molar-refractivity contribution in [3.63, 3.8) is 0 Å². The van der Waals surface area contributed by atoms with Crippen LogP contribution >= 0.6 is 23.2 Å². The molecule has 0 aromatic heterocycles. The first-order valence-electron chi connectivity index (χ1n) is 14.0. The summed E-state index contributed by atoms with van der Waals surface area (Å²) in [5, 5.41) is 15.6. The van der Waals surface area contributed by atoms with Crippen LogP contribution in [0.4, 0.5) is 0 Å². The van der Waals surface area contributed by atoms with Crippen LogP contribution in [0, 0.1) is 5.92 Å². The fraction of sp³-hybridized carbons (Fsp3) is 0.630. The molecule has 4 rings (SSSR count). The molecule has 0 spiro atoms. The number of sulfonamides is 1. The van der Waals surface area contributed by atoms with Gasteiger partial charge in [0.25, 0.3) is 0 Å². The summed E-state index contributed by atoms with van der Waals surface area (Å²) in [5.41, 5.74) is 0. The standard InChI is InChI=1S/C27H36Cl2N4O7S/c28-18-14-19(29)16-20(15-18)41(39,40)33-10-2-4-23(33)26(36)31-22(27(37)38)5-6-25(35)32-11-7-17(8-12-32)13-24(34)21-3-1-9-30-21/h14-17,21-23,30H,1-13H2,(H,31,36)(H,37,38)/t21-,22-,23-/m0/s1. The lowest BCUT2D eigenvalue weighted by Crippen LogP contribution is -2.51. The molecule has 14 heteroatoms. The number of piperidine rings is 1. The van der Waals surface area contributed by atoms with Gasteiger partial charge >= 0.3 is 5.97 Å². The molecule has 0 bridgehead atoms. The number of hydrogen-bond acceptors (Lipinski definition) is 7. The minimum Gasteiger partial charge on any atom is -0.480 e. The van der Waals surface area contributed by atoms with Gasteiger partial charge in [0, 0.05) is 42.5 Å². The van der Waals surface area contributed by atoms with Crippen molar-refractivity contribution in [3.8, 4) is 0 Å². The number of nitrogens with one attached hydrogen (secondary N) is 2. The van der Waals surface area contributed by atoms with Crippen molar-refractivity contribution in [1.29, 1.82) is 0 Å². The SMILES string of the molecule is O=C(O)[C@H](CCC(=O)N1CCC(CC(=O)[C@@H]2CCCN2)CC1)NC(=O)[C@@H]1CCCN1S(=O)(=O)c1cc(Cl)cc(Cl)c1. The highest BCUT2D eigenvalue weighted by Crippen LogP contribution is 2.30. The van der Waals surface area contributed by atoms with Crippen LogP contribution in [-0.2, 0) is 29.2 Å². The summed E-state index contributed by atoms with van der Waals surface area (Å²) in [6.07, 6.45) is 4.25. The average Bonchev–Trinajstić information content (AvgIpc) is 3.64. The number of Topliss-reactive ketones (excluding diaryl/α,β-unsaturated/α-hetero) is 1. The molecule has 3 atom stereocenters. The molecule has 3 N–H and O–H groups in total. The number of nitrogens with zero attached hydrogens (tertiary/aromatic N) is 2. The van der Waals surface area contributed by atoms with Crippen LogP contribution in [0.3, 0.4) is 0 Å². The van der Waals surface area contributed by atoms with Gasteiger partial charge in [0.05, 0.1) is 10.9 Å². The molecule has 41 heavy (non-hydrogen) atoms. The zero-order chi connectivity index (χ0) is 29.7. The van der Waals surface area contributed by atoms with Crippen LogP contribution in [0.1, 0.15) is 57.8 Å². The number of rotatable bonds is 11. The maximum absolute atomic E-state index is 13.3. The minimum absolute atomic E-state index is 0.0513. The second-order valence-electron chi connectivity index (χ2n) is 11.0. The Balaban J connectivity index is 1.28. The molecule has 226 valence electrons. The largest absolute Gasteiger partial charge is 0.480 e. The lowest BCUT2D eigenvalue weighted by Gasteiger charge is -2.32. The number of carboxylic acids is 1. The molecule has 3 fully saturated rings. The number of hydrogen-bond donors (Lipinski definition) is 3. The molecule has 0 unspecified atom stereocenters. The molecule has 3 heterocycles. The Morgan fingerprint density at radius 2 is 1.68 bits per heavy atom. The van der Waals surface area contributed by atoms with E-state index in [9.17, 15) is 32.7 Å². The average molecular weight is 632 g/mol. The predicted molar refractivity (Wildman–Crippen MR) is 152 cm³/mol. The third kappa shape index (κ3) is 7.98. The first kappa shape index (κ1) is 31.7. The van der Waals surface area contributed by atoms with Crippen molar-refractivity contribution in [2.24, 2.45) is 5.92 Å². The summed E-state index contributed by atoms with van der Waals surface area (Å²) < 4.78 is 27.5. The number of carboxylic acid groups (broad SMARTS) is 1. The molecule has 3 aliphatic heterocycles. The van der Waals surface area contributed by atoms with E-state index in [1.54, 1.807) is 4.90 Å². The van der Waals surface area contributed by atoms with E-state index in [2.05, 4.69) is 10.6 Å². The van der Waals surface area contributed by atoms with Gasteiger partial charge in [-0.1, -0.05) is 23.2 Å². The van der Waals surface area contributed by atoms with Crippen LogP contribution < -0.4 is 10.6 Å². The summed E-state index contributed by atoms with van der Waals surface area (Å²) in [6, 6.07) is 1.38. The predicted octanol–water partition coefficient (Wildman–Crippen LogP) is 2.45. The highest BCUT2D eigenvalue weighted by Gasteiger charge is 2.41. The smallest absolute Gasteiger partial charge is 0.326 e. The Labute approximate surface area is 250 Å². The van der Waals surface area contributed by atoms with E-state index in [0.717, 1.165) is 23.7 Å². The maximum atomic E-state index is 13.3. The second-order valence-corrected chi connectivity index (χ2v) is 13.7. The first-order chi connectivity index (χ1) is 19.5. The van der Waals surface area contributed by atoms with Crippen molar-refractivity contribution in [3.05, 3.63) is 28.2 Å². The molecule has 1 aromatic carbocycles. The van der Waals surface area contributed by atoms with Gasteiger partial charge in [-0.25, -0.2) is 13.2 Å². The lowest BCUT2D eigenvalue weighted by molar-refractivity contribution is -0.143. The third-order valence-electron chi connectivity index (χ3n) is 8.12. The zero-order valence-electron chi connectivity index (χ0n) is 22.7. The molecule has 3 saturated heterocycles. The number of likely N-dealkylation sites (tertiary alicyclic amines) is 1. The highest BCUT2D eigenvalue weighted by molar-refractivity contribution is 7.89. The normalized spacial score (nSPS) is 22.9.